The maximum absolute atomic E-state index is 12.7. The van der Waals surface area contributed by atoms with Crippen molar-refractivity contribution in [3.63, 3.8) is 0 Å². The minimum absolute atomic E-state index is 0.0525. The molecule has 0 spiro atoms. The average molecular weight is 425 g/mol. The zero-order chi connectivity index (χ0) is 20.9. The van der Waals surface area contributed by atoms with E-state index in [1.807, 2.05) is 24.3 Å². The average Bonchev–Trinajstić information content (AvgIpc) is 3.23. The molecule has 156 valence electrons. The molecule has 4 rings (SSSR count). The summed E-state index contributed by atoms with van der Waals surface area (Å²) in [6.07, 6.45) is 2.83. The molecule has 0 saturated carbocycles. The summed E-state index contributed by atoms with van der Waals surface area (Å²) < 4.78 is 5.43. The predicted octanol–water partition coefficient (Wildman–Crippen LogP) is 4.80. The van der Waals surface area contributed by atoms with Crippen LogP contribution in [0.4, 0.5) is 5.69 Å². The Labute approximate surface area is 181 Å². The fraction of sp³-hybridized carbons (Fsp3) is 0.348. The maximum Gasteiger partial charge on any atom is 0.241 e. The number of aromatic nitrogens is 2. The van der Waals surface area contributed by atoms with Gasteiger partial charge >= 0.3 is 0 Å². The Kier molecular flexibility index (Phi) is 6.45. The van der Waals surface area contributed by atoms with Gasteiger partial charge in [-0.2, -0.15) is 4.98 Å². The minimum atomic E-state index is -0.0525. The third-order valence-corrected chi connectivity index (χ3v) is 5.69. The topological polar surface area (TPSA) is 71.3 Å². The number of piperidine rings is 1. The molecule has 1 unspecified atom stereocenters. The third kappa shape index (κ3) is 5.07. The molecule has 1 fully saturated rings. The molecule has 1 amide bonds. The van der Waals surface area contributed by atoms with Gasteiger partial charge in [-0.15, -0.1) is 0 Å². The summed E-state index contributed by atoms with van der Waals surface area (Å²) in [6.45, 7) is 4.24. The summed E-state index contributed by atoms with van der Waals surface area (Å²) in [5.41, 5.74) is 2.97. The van der Waals surface area contributed by atoms with Crippen molar-refractivity contribution < 1.29 is 9.32 Å². The SMILES string of the molecule is CCc1ccc(NC(=O)C2CCCN(Cc3nc(-c4ccc(Cl)cc4)no3)C2)cc1. The van der Waals surface area contributed by atoms with Crippen LogP contribution in [0.15, 0.2) is 53.1 Å². The lowest BCUT2D eigenvalue weighted by Crippen LogP contribution is -2.40. The van der Waals surface area contributed by atoms with Gasteiger partial charge in [-0.1, -0.05) is 35.8 Å². The van der Waals surface area contributed by atoms with Gasteiger partial charge < -0.3 is 9.84 Å². The first-order chi connectivity index (χ1) is 14.6. The molecule has 30 heavy (non-hydrogen) atoms. The molecule has 1 saturated heterocycles. The van der Waals surface area contributed by atoms with Crippen LogP contribution in [0.25, 0.3) is 11.4 Å². The van der Waals surface area contributed by atoms with Crippen LogP contribution < -0.4 is 5.32 Å². The Bertz CT molecular complexity index is 985. The monoisotopic (exact) mass is 424 g/mol. The highest BCUT2D eigenvalue weighted by atomic mass is 35.5. The van der Waals surface area contributed by atoms with Gasteiger partial charge in [-0.25, -0.2) is 0 Å². The van der Waals surface area contributed by atoms with E-state index in [4.69, 9.17) is 16.1 Å². The Morgan fingerprint density at radius 3 is 2.70 bits per heavy atom. The lowest BCUT2D eigenvalue weighted by atomic mass is 9.97. The molecule has 1 aliphatic rings. The van der Waals surface area contributed by atoms with Crippen molar-refractivity contribution in [1.82, 2.24) is 15.0 Å². The number of amides is 1. The van der Waals surface area contributed by atoms with Gasteiger partial charge in [0.2, 0.25) is 17.6 Å². The van der Waals surface area contributed by atoms with Crippen LogP contribution in [0, 0.1) is 5.92 Å². The number of hydrogen-bond donors (Lipinski definition) is 1. The van der Waals surface area contributed by atoms with Gasteiger partial charge in [-0.3, -0.25) is 9.69 Å². The first-order valence-electron chi connectivity index (χ1n) is 10.3. The lowest BCUT2D eigenvalue weighted by Gasteiger charge is -2.30. The predicted molar refractivity (Wildman–Crippen MR) is 117 cm³/mol. The second-order valence-electron chi connectivity index (χ2n) is 7.63. The van der Waals surface area contributed by atoms with Gasteiger partial charge in [0.25, 0.3) is 0 Å². The normalized spacial score (nSPS) is 17.1. The van der Waals surface area contributed by atoms with Crippen molar-refractivity contribution in [2.24, 2.45) is 5.92 Å². The van der Waals surface area contributed by atoms with Crippen LogP contribution in [0.2, 0.25) is 5.02 Å². The van der Waals surface area contributed by atoms with Gasteiger partial charge in [0.1, 0.15) is 0 Å². The first-order valence-corrected chi connectivity index (χ1v) is 10.7. The Balaban J connectivity index is 1.34. The molecule has 1 atom stereocenters. The number of nitrogens with zero attached hydrogens (tertiary/aromatic N) is 3. The number of nitrogens with one attached hydrogen (secondary N) is 1. The number of likely N-dealkylation sites (tertiary alicyclic amines) is 1. The summed E-state index contributed by atoms with van der Waals surface area (Å²) in [6, 6.07) is 15.4. The van der Waals surface area contributed by atoms with Crippen LogP contribution >= 0.6 is 11.6 Å². The Morgan fingerprint density at radius 1 is 1.20 bits per heavy atom. The van der Waals surface area contributed by atoms with Crippen molar-refractivity contribution in [1.29, 1.82) is 0 Å². The van der Waals surface area contributed by atoms with Gasteiger partial charge in [0, 0.05) is 22.8 Å². The van der Waals surface area contributed by atoms with Gasteiger partial charge in [0.05, 0.1) is 12.5 Å². The summed E-state index contributed by atoms with van der Waals surface area (Å²) in [5, 5.41) is 7.79. The largest absolute Gasteiger partial charge is 0.338 e. The molecule has 2 heterocycles. The quantitative estimate of drug-likeness (QED) is 0.615. The summed E-state index contributed by atoms with van der Waals surface area (Å²) in [4.78, 5) is 19.4. The second-order valence-corrected chi connectivity index (χ2v) is 8.07. The molecular formula is C23H25ClN4O2. The van der Waals surface area contributed by atoms with Crippen molar-refractivity contribution in [2.45, 2.75) is 32.7 Å². The molecule has 6 nitrogen and oxygen atoms in total. The second kappa shape index (κ2) is 9.41. The number of carbonyl (C=O) groups is 1. The Morgan fingerprint density at radius 2 is 1.97 bits per heavy atom. The third-order valence-electron chi connectivity index (χ3n) is 5.44. The molecule has 0 radical (unpaired) electrons. The van der Waals surface area contributed by atoms with Crippen molar-refractivity contribution >= 4 is 23.2 Å². The molecule has 1 N–H and O–H groups in total. The summed E-state index contributed by atoms with van der Waals surface area (Å²) in [7, 11) is 0. The Hall–Kier alpha value is -2.70. The number of carbonyl (C=O) groups excluding carboxylic acids is 1. The van der Waals surface area contributed by atoms with Gasteiger partial charge in [-0.05, 0) is 67.8 Å². The fourth-order valence-corrected chi connectivity index (χ4v) is 3.83. The highest BCUT2D eigenvalue weighted by molar-refractivity contribution is 6.30. The minimum Gasteiger partial charge on any atom is -0.338 e. The van der Waals surface area contributed by atoms with Crippen LogP contribution in [0.3, 0.4) is 0 Å². The van der Waals surface area contributed by atoms with Crippen LogP contribution in [0.1, 0.15) is 31.2 Å². The molecule has 1 aromatic heterocycles. The molecule has 2 aromatic carbocycles. The van der Waals surface area contributed by atoms with Crippen molar-refractivity contribution in [2.75, 3.05) is 18.4 Å². The van der Waals surface area contributed by atoms with Crippen LogP contribution in [-0.2, 0) is 17.8 Å². The standard InChI is InChI=1S/C23H25ClN4O2/c1-2-16-5-11-20(12-6-16)25-23(29)18-4-3-13-28(14-18)15-21-26-22(27-30-21)17-7-9-19(24)10-8-17/h5-12,18H,2-4,13-15H2,1H3,(H,25,29). The van der Waals surface area contributed by atoms with E-state index in [0.717, 1.165) is 37.1 Å². The zero-order valence-corrected chi connectivity index (χ0v) is 17.7. The highest BCUT2D eigenvalue weighted by Gasteiger charge is 2.27. The summed E-state index contributed by atoms with van der Waals surface area (Å²) >= 11 is 5.93. The van der Waals surface area contributed by atoms with Crippen molar-refractivity contribution in [3.05, 3.63) is 65.0 Å². The van der Waals surface area contributed by atoms with E-state index in [0.29, 0.717) is 29.8 Å². The smallest absolute Gasteiger partial charge is 0.241 e. The van der Waals surface area contributed by atoms with E-state index < -0.39 is 0 Å². The van der Waals surface area contributed by atoms with E-state index in [2.05, 4.69) is 39.4 Å². The number of anilines is 1. The van der Waals surface area contributed by atoms with E-state index in [1.54, 1.807) is 12.1 Å². The lowest BCUT2D eigenvalue weighted by molar-refractivity contribution is -0.121. The zero-order valence-electron chi connectivity index (χ0n) is 17.0. The summed E-state index contributed by atoms with van der Waals surface area (Å²) in [5.74, 6) is 1.11. The molecule has 1 aliphatic heterocycles. The van der Waals surface area contributed by atoms with E-state index >= 15 is 0 Å². The molecule has 0 aliphatic carbocycles. The first kappa shape index (κ1) is 20.6. The van der Waals surface area contributed by atoms with Crippen LogP contribution in [-0.4, -0.2) is 34.0 Å². The molecule has 3 aromatic rings. The van der Waals surface area contributed by atoms with Crippen molar-refractivity contribution in [3.8, 4) is 11.4 Å². The van der Waals surface area contributed by atoms with E-state index in [1.165, 1.54) is 5.56 Å². The molecule has 0 bridgehead atoms. The number of rotatable bonds is 6. The molecule has 7 heteroatoms. The maximum atomic E-state index is 12.7. The molecular weight excluding hydrogens is 400 g/mol. The van der Waals surface area contributed by atoms with Crippen LogP contribution in [0.5, 0.6) is 0 Å². The highest BCUT2D eigenvalue weighted by Crippen LogP contribution is 2.22. The number of benzene rings is 2. The van der Waals surface area contributed by atoms with E-state index in [9.17, 15) is 4.79 Å². The van der Waals surface area contributed by atoms with E-state index in [-0.39, 0.29) is 11.8 Å². The number of halogens is 1. The van der Waals surface area contributed by atoms with Gasteiger partial charge in [0.15, 0.2) is 0 Å². The fourth-order valence-electron chi connectivity index (χ4n) is 3.71. The number of aryl methyl sites for hydroxylation is 1. The number of hydrogen-bond acceptors (Lipinski definition) is 5.